The van der Waals surface area contributed by atoms with Gasteiger partial charge in [-0.2, -0.15) is 0 Å². The number of methoxy groups -OCH3 is 1. The van der Waals surface area contributed by atoms with Crippen molar-refractivity contribution in [3.05, 3.63) is 52.7 Å². The number of nitrogens with zero attached hydrogens (tertiary/aromatic N) is 4. The van der Waals surface area contributed by atoms with Crippen molar-refractivity contribution in [3.63, 3.8) is 0 Å². The van der Waals surface area contributed by atoms with Crippen LogP contribution in [-0.2, 0) is 27.3 Å². The van der Waals surface area contributed by atoms with Crippen LogP contribution in [-0.4, -0.2) is 46.9 Å². The third-order valence-electron chi connectivity index (χ3n) is 5.72. The molecule has 30 heavy (non-hydrogen) atoms. The van der Waals surface area contributed by atoms with E-state index in [-0.39, 0.29) is 36.8 Å². The summed E-state index contributed by atoms with van der Waals surface area (Å²) in [5.74, 6) is 0.646. The highest BCUT2D eigenvalue weighted by atomic mass is 19.1. The summed E-state index contributed by atoms with van der Waals surface area (Å²) in [7, 11) is 1.50. The van der Waals surface area contributed by atoms with Crippen molar-refractivity contribution >= 4 is 17.6 Å². The molecule has 1 atom stereocenters. The molecule has 0 radical (unpaired) electrons. The number of likely N-dealkylation sites (tertiary alicyclic amines) is 1. The topological polar surface area (TPSA) is 75.6 Å². The molecule has 2 amide bonds. The minimum absolute atomic E-state index is 0.0185. The number of amides is 2. The molecule has 8 heteroatoms. The second-order valence-corrected chi connectivity index (χ2v) is 7.76. The zero-order valence-electron chi connectivity index (χ0n) is 17.2. The number of halogens is 1. The van der Waals surface area contributed by atoms with Crippen LogP contribution >= 0.6 is 0 Å². The molecule has 0 bridgehead atoms. The SMILES string of the molecule is COCC(=O)N1CCC[C@@H]1c1nc(C)c2c(n1)N(Cc1cccc(F)c1)C(=O)CC2. The summed E-state index contributed by atoms with van der Waals surface area (Å²) < 4.78 is 18.7. The summed E-state index contributed by atoms with van der Waals surface area (Å²) in [5.41, 5.74) is 2.45. The Kier molecular flexibility index (Phi) is 5.76. The highest BCUT2D eigenvalue weighted by Gasteiger charge is 2.35. The Bertz CT molecular complexity index is 981. The Hall–Kier alpha value is -2.87. The second kappa shape index (κ2) is 8.47. The standard InChI is InChI=1S/C22H25FN4O3/c1-14-17-8-9-19(28)27(12-15-5-3-6-16(23)11-15)22(17)25-21(24-14)18-7-4-10-26(18)20(29)13-30-2/h3,5-6,11,18H,4,7-10,12-13H2,1-2H3/t18-/m1/s1. The molecule has 0 saturated carbocycles. The maximum atomic E-state index is 13.7. The van der Waals surface area contributed by atoms with E-state index in [1.807, 2.05) is 6.92 Å². The smallest absolute Gasteiger partial charge is 0.249 e. The highest BCUT2D eigenvalue weighted by molar-refractivity contribution is 5.95. The average molecular weight is 412 g/mol. The van der Waals surface area contributed by atoms with E-state index in [0.717, 1.165) is 24.1 Å². The molecule has 1 aromatic carbocycles. The molecule has 7 nitrogen and oxygen atoms in total. The van der Waals surface area contributed by atoms with Gasteiger partial charge in [0.15, 0.2) is 5.82 Å². The van der Waals surface area contributed by atoms with Gasteiger partial charge >= 0.3 is 0 Å². The van der Waals surface area contributed by atoms with E-state index in [2.05, 4.69) is 0 Å². The highest BCUT2D eigenvalue weighted by Crippen LogP contribution is 2.35. The number of fused-ring (bicyclic) bond motifs is 1. The van der Waals surface area contributed by atoms with Gasteiger partial charge in [-0.05, 0) is 43.9 Å². The van der Waals surface area contributed by atoms with Crippen LogP contribution in [0, 0.1) is 12.7 Å². The van der Waals surface area contributed by atoms with Crippen LogP contribution in [0.1, 0.15) is 47.9 Å². The van der Waals surface area contributed by atoms with Crippen LogP contribution in [0.5, 0.6) is 0 Å². The van der Waals surface area contributed by atoms with E-state index >= 15 is 0 Å². The number of hydrogen-bond acceptors (Lipinski definition) is 5. The van der Waals surface area contributed by atoms with E-state index in [1.165, 1.54) is 19.2 Å². The van der Waals surface area contributed by atoms with Crippen molar-refractivity contribution in [3.8, 4) is 0 Å². The fraction of sp³-hybridized carbons (Fsp3) is 0.455. The van der Waals surface area contributed by atoms with E-state index in [9.17, 15) is 14.0 Å². The average Bonchev–Trinajstić information content (AvgIpc) is 3.20. The zero-order chi connectivity index (χ0) is 21.3. The van der Waals surface area contributed by atoms with Crippen LogP contribution in [0.25, 0.3) is 0 Å². The van der Waals surface area contributed by atoms with Crippen LogP contribution in [0.2, 0.25) is 0 Å². The van der Waals surface area contributed by atoms with Crippen molar-refractivity contribution < 1.29 is 18.7 Å². The Balaban J connectivity index is 1.70. The van der Waals surface area contributed by atoms with E-state index in [1.54, 1.807) is 21.9 Å². The van der Waals surface area contributed by atoms with Gasteiger partial charge in [0.1, 0.15) is 18.2 Å². The van der Waals surface area contributed by atoms with Gasteiger partial charge in [-0.1, -0.05) is 12.1 Å². The van der Waals surface area contributed by atoms with Crippen LogP contribution in [0.15, 0.2) is 24.3 Å². The Morgan fingerprint density at radius 2 is 2.13 bits per heavy atom. The minimum atomic E-state index is -0.338. The molecule has 0 aliphatic carbocycles. The second-order valence-electron chi connectivity index (χ2n) is 7.76. The molecule has 158 valence electrons. The summed E-state index contributed by atoms with van der Waals surface area (Å²) in [4.78, 5) is 38.0. The lowest BCUT2D eigenvalue weighted by molar-refractivity contribution is -0.136. The first-order valence-electron chi connectivity index (χ1n) is 10.2. The zero-order valence-corrected chi connectivity index (χ0v) is 17.2. The van der Waals surface area contributed by atoms with Gasteiger partial charge in [0.25, 0.3) is 0 Å². The number of aromatic nitrogens is 2. The molecule has 0 spiro atoms. The summed E-state index contributed by atoms with van der Waals surface area (Å²) in [5, 5.41) is 0. The van der Waals surface area contributed by atoms with Gasteiger partial charge in [0.05, 0.1) is 12.6 Å². The predicted octanol–water partition coefficient (Wildman–Crippen LogP) is 2.71. The maximum Gasteiger partial charge on any atom is 0.249 e. The first kappa shape index (κ1) is 20.4. The van der Waals surface area contributed by atoms with Crippen molar-refractivity contribution in [1.29, 1.82) is 0 Å². The normalized spacial score (nSPS) is 18.6. The lowest BCUT2D eigenvalue weighted by atomic mass is 10.0. The number of aryl methyl sites for hydroxylation is 1. The molecular weight excluding hydrogens is 387 g/mol. The van der Waals surface area contributed by atoms with Crippen LogP contribution in [0.4, 0.5) is 10.2 Å². The number of hydrogen-bond donors (Lipinski definition) is 0. The third kappa shape index (κ3) is 3.92. The monoisotopic (exact) mass is 412 g/mol. The fourth-order valence-corrected chi connectivity index (χ4v) is 4.27. The summed E-state index contributed by atoms with van der Waals surface area (Å²) in [6.45, 7) is 2.82. The third-order valence-corrected chi connectivity index (χ3v) is 5.72. The molecule has 0 unspecified atom stereocenters. The number of rotatable bonds is 5. The van der Waals surface area contributed by atoms with Gasteiger partial charge < -0.3 is 9.64 Å². The summed E-state index contributed by atoms with van der Waals surface area (Å²) in [6.07, 6.45) is 2.59. The van der Waals surface area contributed by atoms with Gasteiger partial charge in [-0.15, -0.1) is 0 Å². The van der Waals surface area contributed by atoms with Crippen LogP contribution in [0.3, 0.4) is 0 Å². The summed E-state index contributed by atoms with van der Waals surface area (Å²) in [6, 6.07) is 6.00. The van der Waals surface area contributed by atoms with Gasteiger partial charge in [0, 0.05) is 31.3 Å². The van der Waals surface area contributed by atoms with Crippen LogP contribution < -0.4 is 4.90 Å². The lowest BCUT2D eigenvalue weighted by Gasteiger charge is -2.31. The van der Waals surface area contributed by atoms with Crippen molar-refractivity contribution in [2.45, 2.75) is 45.2 Å². The van der Waals surface area contributed by atoms with Gasteiger partial charge in [0.2, 0.25) is 11.8 Å². The number of carbonyl (C=O) groups is 2. The number of anilines is 1. The first-order chi connectivity index (χ1) is 14.5. The molecule has 3 heterocycles. The van der Waals surface area contributed by atoms with Gasteiger partial charge in [-0.25, -0.2) is 14.4 Å². The van der Waals surface area contributed by atoms with Crippen molar-refractivity contribution in [1.82, 2.24) is 14.9 Å². The van der Waals surface area contributed by atoms with Crippen molar-refractivity contribution in [2.24, 2.45) is 0 Å². The molecule has 2 aliphatic rings. The van der Waals surface area contributed by atoms with E-state index in [4.69, 9.17) is 14.7 Å². The predicted molar refractivity (Wildman–Crippen MR) is 108 cm³/mol. The van der Waals surface area contributed by atoms with Crippen molar-refractivity contribution in [2.75, 3.05) is 25.2 Å². The molecule has 1 saturated heterocycles. The number of benzene rings is 1. The van der Waals surface area contributed by atoms with Gasteiger partial charge in [-0.3, -0.25) is 14.5 Å². The molecule has 0 N–H and O–H groups in total. The Morgan fingerprint density at radius 1 is 1.30 bits per heavy atom. The molecule has 1 aromatic heterocycles. The van der Waals surface area contributed by atoms with E-state index in [0.29, 0.717) is 36.6 Å². The minimum Gasteiger partial charge on any atom is -0.375 e. The molecule has 4 rings (SSSR count). The lowest BCUT2D eigenvalue weighted by Crippen LogP contribution is -2.38. The molecule has 2 aliphatic heterocycles. The Labute approximate surface area is 174 Å². The summed E-state index contributed by atoms with van der Waals surface area (Å²) >= 11 is 0. The van der Waals surface area contributed by atoms with E-state index < -0.39 is 0 Å². The first-order valence-corrected chi connectivity index (χ1v) is 10.2. The molecule has 1 fully saturated rings. The largest absolute Gasteiger partial charge is 0.375 e. The molecular formula is C22H25FN4O3. The quantitative estimate of drug-likeness (QED) is 0.755. The fourth-order valence-electron chi connectivity index (χ4n) is 4.27. The molecule has 2 aromatic rings. The maximum absolute atomic E-state index is 13.7. The number of carbonyl (C=O) groups excluding carboxylic acids is 2. The Morgan fingerprint density at radius 3 is 2.90 bits per heavy atom. The number of ether oxygens (including phenoxy) is 1.